The van der Waals surface area contributed by atoms with E-state index in [-0.39, 0.29) is 5.04 Å². The first-order valence-corrected chi connectivity index (χ1v) is 8.24. The molecular weight excluding hydrogens is 336 g/mol. The third-order valence-electron chi connectivity index (χ3n) is 2.82. The fraction of sp³-hybridized carbons (Fsp3) is 0.200. The quantitative estimate of drug-likeness (QED) is 0.369. The summed E-state index contributed by atoms with van der Waals surface area (Å²) in [4.78, 5) is 24.9. The van der Waals surface area contributed by atoms with E-state index >= 15 is 0 Å². The monoisotopic (exact) mass is 350 g/mol. The lowest BCUT2D eigenvalue weighted by atomic mass is 10.3. The van der Waals surface area contributed by atoms with Gasteiger partial charge in [0.25, 0.3) is 0 Å². The molecule has 1 amide bonds. The Morgan fingerprint density at radius 2 is 2.22 bits per heavy atom. The van der Waals surface area contributed by atoms with Gasteiger partial charge in [-0.1, -0.05) is 28.9 Å². The van der Waals surface area contributed by atoms with Crippen molar-refractivity contribution in [1.29, 1.82) is 0 Å². The van der Waals surface area contributed by atoms with Crippen LogP contribution in [0.1, 0.15) is 5.56 Å². The molecule has 0 aliphatic rings. The van der Waals surface area contributed by atoms with Gasteiger partial charge in [-0.15, -0.1) is 11.8 Å². The van der Waals surface area contributed by atoms with E-state index in [1.54, 1.807) is 24.6 Å². The van der Waals surface area contributed by atoms with Crippen LogP contribution in [0.15, 0.2) is 52.9 Å². The molecule has 2 aromatic heterocycles. The second-order valence-corrected chi connectivity index (χ2v) is 5.56. The number of halogens is 1. The van der Waals surface area contributed by atoms with E-state index in [4.69, 9.17) is 11.6 Å². The number of hydrogen-bond donors (Lipinski definition) is 0. The molecule has 0 aliphatic carbocycles. The van der Waals surface area contributed by atoms with Crippen molar-refractivity contribution in [3.63, 3.8) is 0 Å². The summed E-state index contributed by atoms with van der Waals surface area (Å²) in [6.45, 7) is 0.521. The molecule has 0 fully saturated rings. The fourth-order valence-corrected chi connectivity index (χ4v) is 2.28. The molecule has 2 aromatic rings. The van der Waals surface area contributed by atoms with Gasteiger partial charge in [-0.3, -0.25) is 4.79 Å². The van der Waals surface area contributed by atoms with Crippen LogP contribution in [0.5, 0.6) is 0 Å². The van der Waals surface area contributed by atoms with Gasteiger partial charge in [0, 0.05) is 12.4 Å². The summed E-state index contributed by atoms with van der Waals surface area (Å²) in [6.07, 6.45) is 5.27. The maximum atomic E-state index is 12.1. The fourth-order valence-electron chi connectivity index (χ4n) is 1.80. The van der Waals surface area contributed by atoms with Crippen LogP contribution < -0.4 is 5.49 Å². The lowest BCUT2D eigenvalue weighted by Crippen LogP contribution is -2.23. The summed E-state index contributed by atoms with van der Waals surface area (Å²) >= 11 is 6.97. The van der Waals surface area contributed by atoms with E-state index in [1.807, 2.05) is 29.0 Å². The Morgan fingerprint density at radius 3 is 2.87 bits per heavy atom. The van der Waals surface area contributed by atoms with E-state index in [9.17, 15) is 4.79 Å². The summed E-state index contributed by atoms with van der Waals surface area (Å²) in [5.41, 5.74) is 1.47. The van der Waals surface area contributed by atoms with Gasteiger partial charge in [0.15, 0.2) is 0 Å². The predicted octanol–water partition coefficient (Wildman–Crippen LogP) is 2.34. The number of pyridine rings is 2. The number of carbonyl (C=O) groups excluding carboxylic acids is 1. The third kappa shape index (κ3) is 4.94. The highest BCUT2D eigenvalue weighted by molar-refractivity contribution is 8.15. The average molecular weight is 351 g/mol. The Labute approximate surface area is 142 Å². The zero-order valence-corrected chi connectivity index (χ0v) is 14.2. The molecule has 23 heavy (non-hydrogen) atoms. The van der Waals surface area contributed by atoms with Gasteiger partial charge in [0.2, 0.25) is 5.04 Å². The highest BCUT2D eigenvalue weighted by Crippen LogP contribution is 2.06. The molecule has 0 N–H and O–H groups in total. The van der Waals surface area contributed by atoms with Crippen LogP contribution in [-0.4, -0.2) is 33.9 Å². The van der Waals surface area contributed by atoms with Crippen LogP contribution in [0, 0.1) is 0 Å². The molecule has 0 unspecified atom stereocenters. The van der Waals surface area contributed by atoms with E-state index in [2.05, 4.69) is 20.0 Å². The van der Waals surface area contributed by atoms with Gasteiger partial charge in [-0.2, -0.15) is 4.99 Å². The summed E-state index contributed by atoms with van der Waals surface area (Å²) in [6, 6.07) is 9.03. The third-order valence-corrected chi connectivity index (χ3v) is 3.68. The average Bonchev–Trinajstić information content (AvgIpc) is 2.56. The number of thioether (sulfide) groups is 1. The van der Waals surface area contributed by atoms with Crippen LogP contribution in [0.3, 0.4) is 0 Å². The van der Waals surface area contributed by atoms with Crippen LogP contribution in [0.2, 0.25) is 5.15 Å². The molecule has 0 bridgehead atoms. The first-order valence-electron chi connectivity index (χ1n) is 6.64. The van der Waals surface area contributed by atoms with Gasteiger partial charge in [-0.25, -0.2) is 4.98 Å². The molecule has 0 aromatic carbocycles. The van der Waals surface area contributed by atoms with Gasteiger partial charge in [-0.05, 0) is 30.0 Å². The smallest absolute Gasteiger partial charge is 0.307 e. The Bertz CT molecular complexity index is 772. The number of oxime groups is 1. The zero-order valence-electron chi connectivity index (χ0n) is 12.6. The van der Waals surface area contributed by atoms with Crippen LogP contribution >= 0.6 is 23.4 Å². The molecule has 2 rings (SSSR count). The Morgan fingerprint density at radius 1 is 1.39 bits per heavy atom. The van der Waals surface area contributed by atoms with Crippen LogP contribution in [0.4, 0.5) is 0 Å². The van der Waals surface area contributed by atoms with E-state index in [1.165, 1.54) is 18.9 Å². The van der Waals surface area contributed by atoms with Crippen molar-refractivity contribution in [3.8, 4) is 0 Å². The number of nitrogens with zero attached hydrogens (tertiary/aromatic N) is 4. The lowest BCUT2D eigenvalue weighted by molar-refractivity contribution is -0.112. The lowest BCUT2D eigenvalue weighted by Gasteiger charge is -2.07. The van der Waals surface area contributed by atoms with Crippen molar-refractivity contribution < 1.29 is 9.63 Å². The molecule has 0 aliphatic heterocycles. The molecule has 0 spiro atoms. The Balaban J connectivity index is 2.33. The highest BCUT2D eigenvalue weighted by atomic mass is 35.5. The number of amides is 1. The molecule has 0 radical (unpaired) electrons. The molecule has 6 nitrogen and oxygen atoms in total. The molecule has 0 atom stereocenters. The molecule has 2 heterocycles. The molecule has 8 heteroatoms. The number of hydrogen-bond acceptors (Lipinski definition) is 5. The van der Waals surface area contributed by atoms with Crippen LogP contribution in [-0.2, 0) is 16.2 Å². The number of carbonyl (C=O) groups is 1. The molecule has 120 valence electrons. The first-order chi connectivity index (χ1) is 11.1. The minimum atomic E-state index is -0.450. The van der Waals surface area contributed by atoms with Crippen molar-refractivity contribution in [3.05, 3.63) is 58.9 Å². The van der Waals surface area contributed by atoms with Gasteiger partial charge in [0.1, 0.15) is 17.8 Å². The SMILES string of the molecule is CO/N=C(\SC)C(=O)N=c1ccccn1Cc1ccc(Cl)nc1. The molecule has 0 saturated carbocycles. The van der Waals surface area contributed by atoms with E-state index < -0.39 is 5.91 Å². The van der Waals surface area contributed by atoms with Crippen molar-refractivity contribution in [2.45, 2.75) is 6.54 Å². The van der Waals surface area contributed by atoms with Crippen molar-refractivity contribution >= 4 is 34.3 Å². The van der Waals surface area contributed by atoms with Crippen molar-refractivity contribution in [2.24, 2.45) is 10.1 Å². The normalized spacial score (nSPS) is 12.3. The standard InChI is InChI=1S/C15H15ClN4O2S/c1-22-19-15(23-2)14(21)18-13-5-3-4-8-20(13)10-11-6-7-12(16)17-9-11/h3-9H,10H2,1-2H3/b18-13?,19-15-. The topological polar surface area (TPSA) is 68.8 Å². The van der Waals surface area contributed by atoms with E-state index in [0.717, 1.165) is 5.56 Å². The second-order valence-electron chi connectivity index (χ2n) is 4.38. The van der Waals surface area contributed by atoms with E-state index in [0.29, 0.717) is 17.2 Å². The van der Waals surface area contributed by atoms with Crippen LogP contribution in [0.25, 0.3) is 0 Å². The molecular formula is C15H15ClN4O2S. The summed E-state index contributed by atoms with van der Waals surface area (Å²) in [7, 11) is 1.39. The summed E-state index contributed by atoms with van der Waals surface area (Å²) in [5.74, 6) is -0.450. The Kier molecular flexibility index (Phi) is 6.37. The second kappa shape index (κ2) is 8.50. The first kappa shape index (κ1) is 17.2. The zero-order chi connectivity index (χ0) is 16.7. The predicted molar refractivity (Wildman–Crippen MR) is 91.3 cm³/mol. The van der Waals surface area contributed by atoms with Gasteiger partial charge < -0.3 is 9.40 Å². The number of aromatic nitrogens is 2. The van der Waals surface area contributed by atoms with Gasteiger partial charge >= 0.3 is 5.91 Å². The summed E-state index contributed by atoms with van der Waals surface area (Å²) < 4.78 is 1.84. The minimum Gasteiger partial charge on any atom is -0.398 e. The van der Waals surface area contributed by atoms with Gasteiger partial charge in [0.05, 0.1) is 6.54 Å². The minimum absolute atomic E-state index is 0.191. The van der Waals surface area contributed by atoms with Crippen molar-refractivity contribution in [1.82, 2.24) is 9.55 Å². The molecule has 0 saturated heterocycles. The highest BCUT2D eigenvalue weighted by Gasteiger charge is 2.10. The largest absolute Gasteiger partial charge is 0.398 e. The maximum Gasteiger partial charge on any atom is 0.307 e. The summed E-state index contributed by atoms with van der Waals surface area (Å²) in [5, 5.41) is 4.29. The Hall–Kier alpha value is -2.12. The number of rotatable bonds is 3. The van der Waals surface area contributed by atoms with Crippen molar-refractivity contribution in [2.75, 3.05) is 13.4 Å². The maximum absolute atomic E-state index is 12.1.